The van der Waals surface area contributed by atoms with E-state index >= 15 is 0 Å². The number of nitrogens with zero attached hydrogens (tertiary/aromatic N) is 1. The second-order valence-corrected chi connectivity index (χ2v) is 10.8. The first-order chi connectivity index (χ1) is 17.3. The Morgan fingerprint density at radius 3 is 2.64 bits per heavy atom. The van der Waals surface area contributed by atoms with Gasteiger partial charge in [-0.25, -0.2) is 4.98 Å². The number of quaternary nitrogens is 1. The van der Waals surface area contributed by atoms with E-state index in [9.17, 15) is 15.0 Å². The van der Waals surface area contributed by atoms with Crippen LogP contribution >= 0.6 is 11.3 Å². The van der Waals surface area contributed by atoms with Crippen LogP contribution in [0, 0.1) is 5.41 Å². The molecular weight excluding hydrogens is 478 g/mol. The van der Waals surface area contributed by atoms with E-state index in [1.807, 2.05) is 36.4 Å². The molecule has 0 saturated heterocycles. The molecule has 1 aliphatic rings. The van der Waals surface area contributed by atoms with Crippen molar-refractivity contribution in [3.8, 4) is 11.5 Å². The molecule has 4 rings (SSSR count). The predicted octanol–water partition coefficient (Wildman–Crippen LogP) is 0.942. The topological polar surface area (TPSA) is 108 Å². The van der Waals surface area contributed by atoms with Crippen molar-refractivity contribution in [3.63, 3.8) is 0 Å². The molecule has 2 atom stereocenters. The molecule has 36 heavy (non-hydrogen) atoms. The molecule has 3 N–H and O–H groups in total. The maximum Gasteiger partial charge on any atom is 0.163 e. The van der Waals surface area contributed by atoms with Crippen LogP contribution in [0.5, 0.6) is 11.5 Å². The summed E-state index contributed by atoms with van der Waals surface area (Å²) in [6.45, 7) is 5.21. The summed E-state index contributed by atoms with van der Waals surface area (Å²) in [4.78, 5) is 17.7. The Hall–Kier alpha value is -2.72. The van der Waals surface area contributed by atoms with E-state index in [0.717, 1.165) is 45.9 Å². The zero-order valence-corrected chi connectivity index (χ0v) is 22.0. The van der Waals surface area contributed by atoms with Crippen LogP contribution in [-0.4, -0.2) is 56.1 Å². The number of ether oxygens (including phenoxy) is 2. The van der Waals surface area contributed by atoms with Crippen LogP contribution in [-0.2, 0) is 24.2 Å². The van der Waals surface area contributed by atoms with E-state index in [1.54, 1.807) is 7.11 Å². The molecule has 1 aliphatic carbocycles. The second-order valence-electron chi connectivity index (χ2n) is 9.66. The highest BCUT2D eigenvalue weighted by Crippen LogP contribution is 2.42. The van der Waals surface area contributed by atoms with Crippen LogP contribution in [0.25, 0.3) is 10.2 Å². The Bertz CT molecular complexity index is 1170. The third-order valence-electron chi connectivity index (χ3n) is 7.05. The molecular formula is C27H35N3O5S. The number of benzene rings is 2. The number of hydrogen-bond acceptors (Lipinski definition) is 8. The van der Waals surface area contributed by atoms with Crippen molar-refractivity contribution < 1.29 is 29.4 Å². The molecule has 0 aliphatic heterocycles. The quantitative estimate of drug-likeness (QED) is 0.231. The van der Waals surface area contributed by atoms with E-state index < -0.39 is 17.6 Å². The lowest BCUT2D eigenvalue weighted by molar-refractivity contribution is -0.877. The summed E-state index contributed by atoms with van der Waals surface area (Å²) >= 11 is 1.50. The summed E-state index contributed by atoms with van der Waals surface area (Å²) in [6.07, 6.45) is 0.676. The minimum Gasteiger partial charge on any atom is -0.550 e. The lowest BCUT2D eigenvalue weighted by Gasteiger charge is -2.35. The van der Waals surface area contributed by atoms with Crippen molar-refractivity contribution in [2.45, 2.75) is 45.4 Å². The summed E-state index contributed by atoms with van der Waals surface area (Å²) in [5, 5.41) is 26.6. The fourth-order valence-electron chi connectivity index (χ4n) is 4.89. The molecule has 9 heteroatoms. The third kappa shape index (κ3) is 5.98. The van der Waals surface area contributed by atoms with Gasteiger partial charge in [-0.3, -0.25) is 5.32 Å². The van der Waals surface area contributed by atoms with Crippen molar-refractivity contribution in [2.75, 3.05) is 33.9 Å². The molecule has 0 bridgehead atoms. The van der Waals surface area contributed by atoms with E-state index in [2.05, 4.69) is 19.3 Å². The first-order valence-electron chi connectivity index (χ1n) is 12.4. The van der Waals surface area contributed by atoms with E-state index in [-0.39, 0.29) is 6.42 Å². The van der Waals surface area contributed by atoms with Crippen LogP contribution in [0.2, 0.25) is 0 Å². The summed E-state index contributed by atoms with van der Waals surface area (Å²) < 4.78 is 12.5. The number of carbonyl (C=O) groups is 1. The van der Waals surface area contributed by atoms with Crippen molar-refractivity contribution in [1.29, 1.82) is 0 Å². The van der Waals surface area contributed by atoms with E-state index in [1.165, 1.54) is 16.2 Å². The van der Waals surface area contributed by atoms with Gasteiger partial charge >= 0.3 is 0 Å². The number of aromatic nitrogens is 1. The van der Waals surface area contributed by atoms with Crippen molar-refractivity contribution in [2.24, 2.45) is 5.41 Å². The number of carboxylic acids is 1. The third-order valence-corrected chi connectivity index (χ3v) is 8.07. The van der Waals surface area contributed by atoms with E-state index in [4.69, 9.17) is 14.5 Å². The summed E-state index contributed by atoms with van der Waals surface area (Å²) in [7, 11) is 3.79. The van der Waals surface area contributed by atoms with Gasteiger partial charge in [-0.05, 0) is 37.3 Å². The fourth-order valence-corrected chi connectivity index (χ4v) is 5.82. The Balaban J connectivity index is 1.43. The first-order valence-corrected chi connectivity index (χ1v) is 13.2. The van der Waals surface area contributed by atoms with Gasteiger partial charge < -0.3 is 29.4 Å². The van der Waals surface area contributed by atoms with Gasteiger partial charge in [0.15, 0.2) is 11.5 Å². The van der Waals surface area contributed by atoms with Gasteiger partial charge in [0.2, 0.25) is 0 Å². The number of rotatable bonds is 13. The summed E-state index contributed by atoms with van der Waals surface area (Å²) in [6, 6.07) is 11.7. The molecule has 0 amide bonds. The SMILES string of the molecule is CC[NH+](C)CCCOc1cc2nc(CNC(O)C3(CC(=O)[O-])Cc4ccccc4C3)sc2cc1OC. The van der Waals surface area contributed by atoms with Gasteiger partial charge in [-0.2, -0.15) is 0 Å². The van der Waals surface area contributed by atoms with Gasteiger partial charge in [0.1, 0.15) is 11.2 Å². The molecule has 0 saturated carbocycles. The normalized spacial score (nSPS) is 16.0. The predicted molar refractivity (Wildman–Crippen MR) is 137 cm³/mol. The average molecular weight is 514 g/mol. The number of fused-ring (bicyclic) bond motifs is 2. The standard InChI is InChI=1S/C27H35N3O5S/c1-4-30(2)10-7-11-35-22-12-20-23(13-21(22)34-3)36-24(29-20)17-28-26(33)27(16-25(31)32)14-18-8-5-6-9-19(18)15-27/h5-6,8-9,12-13,26,28,33H,4,7,10-11,14-17H2,1-3H3,(H,31,32). The number of carbonyl (C=O) groups excluding carboxylic acids is 1. The second kappa shape index (κ2) is 11.6. The molecule has 0 radical (unpaired) electrons. The molecule has 8 nitrogen and oxygen atoms in total. The van der Waals surface area contributed by atoms with Crippen LogP contribution < -0.4 is 24.8 Å². The Morgan fingerprint density at radius 2 is 2.00 bits per heavy atom. The average Bonchev–Trinajstić information content (AvgIpc) is 3.44. The minimum absolute atomic E-state index is 0.219. The molecule has 0 spiro atoms. The number of carboxylic acid groups (broad SMARTS) is 1. The maximum absolute atomic E-state index is 11.6. The van der Waals surface area contributed by atoms with Gasteiger partial charge in [0.25, 0.3) is 0 Å². The molecule has 2 aromatic carbocycles. The smallest absolute Gasteiger partial charge is 0.163 e. The monoisotopic (exact) mass is 513 g/mol. The number of aliphatic hydroxyl groups is 1. The van der Waals surface area contributed by atoms with Crippen molar-refractivity contribution in [3.05, 3.63) is 52.5 Å². The maximum atomic E-state index is 11.6. The Labute approximate surface area is 215 Å². The van der Waals surface area contributed by atoms with Gasteiger partial charge in [0.05, 0.1) is 44.1 Å². The fraction of sp³-hybridized carbons (Fsp3) is 0.481. The molecule has 3 aromatic rings. The van der Waals surface area contributed by atoms with Crippen LogP contribution in [0.4, 0.5) is 0 Å². The lowest BCUT2D eigenvalue weighted by Crippen LogP contribution is -3.08. The van der Waals surface area contributed by atoms with Gasteiger partial charge in [-0.1, -0.05) is 24.3 Å². The van der Waals surface area contributed by atoms with Crippen molar-refractivity contribution >= 4 is 27.5 Å². The molecule has 1 aromatic heterocycles. The molecule has 194 valence electrons. The van der Waals surface area contributed by atoms with Crippen LogP contribution in [0.15, 0.2) is 36.4 Å². The number of aliphatic hydroxyl groups excluding tert-OH is 1. The number of nitrogens with one attached hydrogen (secondary N) is 2. The van der Waals surface area contributed by atoms with E-state index in [0.29, 0.717) is 37.5 Å². The number of methoxy groups -OCH3 is 1. The highest BCUT2D eigenvalue weighted by molar-refractivity contribution is 7.18. The highest BCUT2D eigenvalue weighted by Gasteiger charge is 2.43. The minimum atomic E-state index is -1.16. The molecule has 0 fully saturated rings. The van der Waals surface area contributed by atoms with Crippen LogP contribution in [0.3, 0.4) is 0 Å². The lowest BCUT2D eigenvalue weighted by atomic mass is 9.79. The summed E-state index contributed by atoms with van der Waals surface area (Å²) in [5.74, 6) is 0.171. The number of aliphatic carboxylic acids is 1. The zero-order valence-electron chi connectivity index (χ0n) is 21.1. The first kappa shape index (κ1) is 26.3. The number of thiazole rings is 1. The summed E-state index contributed by atoms with van der Waals surface area (Å²) in [5.41, 5.74) is 2.09. The van der Waals surface area contributed by atoms with Gasteiger partial charge in [-0.15, -0.1) is 11.3 Å². The molecule has 2 unspecified atom stereocenters. The largest absolute Gasteiger partial charge is 0.550 e. The zero-order chi connectivity index (χ0) is 25.7. The Kier molecular flexibility index (Phi) is 8.46. The molecule has 1 heterocycles. The highest BCUT2D eigenvalue weighted by atomic mass is 32.1. The van der Waals surface area contributed by atoms with Crippen LogP contribution in [0.1, 0.15) is 35.9 Å². The van der Waals surface area contributed by atoms with Crippen molar-refractivity contribution in [1.82, 2.24) is 10.3 Å². The Morgan fingerprint density at radius 1 is 1.28 bits per heavy atom. The van der Waals surface area contributed by atoms with Gasteiger partial charge in [0, 0.05) is 36.5 Å². The number of hydrogen-bond donors (Lipinski definition) is 3.